The largest absolute Gasteiger partial charge is 0.238 e. The summed E-state index contributed by atoms with van der Waals surface area (Å²) in [5.41, 5.74) is 0.909. The molecule has 2 N–H and O–H groups in total. The first-order valence-electron chi connectivity index (χ1n) is 3.66. The van der Waals surface area contributed by atoms with E-state index in [1.54, 1.807) is 13.0 Å². The maximum absolute atomic E-state index is 11.0. The van der Waals surface area contributed by atoms with Crippen molar-refractivity contribution in [2.45, 2.75) is 18.4 Å². The van der Waals surface area contributed by atoms with Crippen LogP contribution >= 0.6 is 0 Å². The summed E-state index contributed by atoms with van der Waals surface area (Å²) in [6.45, 7) is 1.14. The Bertz CT molecular complexity index is 411. The first-order chi connectivity index (χ1) is 5.96. The smallest absolute Gasteiger partial charge is 0.232 e. The van der Waals surface area contributed by atoms with Gasteiger partial charge in [0, 0.05) is 0 Å². The molecule has 0 heterocycles. The molecule has 0 unspecified atom stereocenters. The van der Waals surface area contributed by atoms with Gasteiger partial charge in [-0.1, -0.05) is 12.1 Å². The third-order valence-electron chi connectivity index (χ3n) is 1.86. The van der Waals surface area contributed by atoms with Gasteiger partial charge in [-0.05, 0) is 24.1 Å². The molecule has 0 aliphatic carbocycles. The van der Waals surface area contributed by atoms with Gasteiger partial charge in [0.05, 0.1) is 4.90 Å². The molecule has 0 fully saturated rings. The highest BCUT2D eigenvalue weighted by Crippen LogP contribution is 2.17. The lowest BCUT2D eigenvalue weighted by molar-refractivity contribution is 0.177. The molecule has 0 aliphatic heterocycles. The van der Waals surface area contributed by atoms with Crippen molar-refractivity contribution in [3.8, 4) is 0 Å². The second-order valence-electron chi connectivity index (χ2n) is 2.73. The summed E-state index contributed by atoms with van der Waals surface area (Å²) >= 11 is 0. The van der Waals surface area contributed by atoms with Crippen molar-refractivity contribution in [2.75, 3.05) is 0 Å². The molecule has 0 spiro atoms. The molecule has 0 aliphatic rings. The highest BCUT2D eigenvalue weighted by atomic mass is 32.2. The predicted octanol–water partition coefficient (Wildman–Crippen LogP) is 0.573. The first kappa shape index (κ1) is 10.2. The third kappa shape index (κ3) is 2.06. The quantitative estimate of drug-likeness (QED) is 0.757. The van der Waals surface area contributed by atoms with Gasteiger partial charge in [0.15, 0.2) is 0 Å². The van der Waals surface area contributed by atoms with Crippen molar-refractivity contribution < 1.29 is 13.5 Å². The predicted molar refractivity (Wildman–Crippen MR) is 46.9 cm³/mol. The zero-order valence-corrected chi connectivity index (χ0v) is 7.97. The van der Waals surface area contributed by atoms with Crippen molar-refractivity contribution in [2.24, 2.45) is 5.14 Å². The molecule has 1 aromatic rings. The van der Waals surface area contributed by atoms with Gasteiger partial charge in [-0.2, -0.15) is 0 Å². The molecule has 1 radical (unpaired) electrons. The van der Waals surface area contributed by atoms with Crippen LogP contribution in [0, 0.1) is 6.92 Å². The van der Waals surface area contributed by atoms with E-state index < -0.39 is 16.6 Å². The normalized spacial score (nSPS) is 11.6. The second-order valence-corrected chi connectivity index (χ2v) is 4.26. The molecule has 4 nitrogen and oxygen atoms in total. The van der Waals surface area contributed by atoms with Crippen LogP contribution in [0.3, 0.4) is 0 Å². The summed E-state index contributed by atoms with van der Waals surface area (Å²) < 4.78 is 22.0. The van der Waals surface area contributed by atoms with E-state index in [9.17, 15) is 13.5 Å². The summed E-state index contributed by atoms with van der Waals surface area (Å²) in [4.78, 5) is 0.0286. The molecule has 5 heteroatoms. The number of sulfonamides is 1. The van der Waals surface area contributed by atoms with E-state index in [-0.39, 0.29) is 4.90 Å². The van der Waals surface area contributed by atoms with Crippen LogP contribution in [0.2, 0.25) is 0 Å². The van der Waals surface area contributed by atoms with E-state index >= 15 is 0 Å². The average molecular weight is 200 g/mol. The zero-order chi connectivity index (χ0) is 10.1. The maximum atomic E-state index is 11.0. The van der Waals surface area contributed by atoms with Crippen LogP contribution in [0.5, 0.6) is 0 Å². The van der Waals surface area contributed by atoms with Crippen molar-refractivity contribution in [1.29, 1.82) is 0 Å². The molecule has 1 aromatic carbocycles. The topological polar surface area (TPSA) is 80.1 Å². The minimum atomic E-state index is -3.70. The van der Waals surface area contributed by atoms with Crippen molar-refractivity contribution in [3.05, 3.63) is 29.3 Å². The molecule has 0 saturated heterocycles. The first-order valence-corrected chi connectivity index (χ1v) is 5.21. The van der Waals surface area contributed by atoms with Crippen LogP contribution in [0.15, 0.2) is 23.1 Å². The molecule has 71 valence electrons. The number of rotatable bonds is 2. The minimum absolute atomic E-state index is 0.0286. The molecule has 0 saturated carbocycles. The summed E-state index contributed by atoms with van der Waals surface area (Å²) in [5, 5.41) is 15.5. The van der Waals surface area contributed by atoms with E-state index in [1.807, 2.05) is 0 Å². The van der Waals surface area contributed by atoms with Gasteiger partial charge < -0.3 is 0 Å². The number of primary sulfonamides is 1. The van der Waals surface area contributed by atoms with Crippen LogP contribution in [0.1, 0.15) is 11.1 Å². The lowest BCUT2D eigenvalue weighted by atomic mass is 10.1. The lowest BCUT2D eigenvalue weighted by Gasteiger charge is -2.06. The van der Waals surface area contributed by atoms with Gasteiger partial charge in [-0.25, -0.2) is 18.7 Å². The van der Waals surface area contributed by atoms with Crippen molar-refractivity contribution >= 4 is 10.0 Å². The van der Waals surface area contributed by atoms with Gasteiger partial charge in [0.1, 0.15) is 6.61 Å². The molecule has 0 atom stereocenters. The zero-order valence-electron chi connectivity index (χ0n) is 7.15. The SMILES string of the molecule is Cc1c(C[O])cccc1S(N)(=O)=O. The van der Waals surface area contributed by atoms with Crippen LogP contribution in [-0.2, 0) is 21.7 Å². The Hall–Kier alpha value is -0.910. The Balaban J connectivity index is 3.41. The fourth-order valence-electron chi connectivity index (χ4n) is 1.12. The fourth-order valence-corrected chi connectivity index (χ4v) is 1.95. The Kier molecular flexibility index (Phi) is 2.70. The monoisotopic (exact) mass is 200 g/mol. The molecular weight excluding hydrogens is 190 g/mol. The summed E-state index contributed by atoms with van der Waals surface area (Å²) in [7, 11) is -3.70. The van der Waals surface area contributed by atoms with Crippen LogP contribution < -0.4 is 5.14 Å². The van der Waals surface area contributed by atoms with Gasteiger partial charge in [0.2, 0.25) is 10.0 Å². The minimum Gasteiger partial charge on any atom is -0.232 e. The highest BCUT2D eigenvalue weighted by Gasteiger charge is 2.12. The van der Waals surface area contributed by atoms with Crippen molar-refractivity contribution in [3.63, 3.8) is 0 Å². The Morgan fingerprint density at radius 2 is 2.00 bits per heavy atom. The molecule has 0 amide bonds. The fraction of sp³-hybridized carbons (Fsp3) is 0.250. The summed E-state index contributed by atoms with van der Waals surface area (Å²) in [5.74, 6) is 0. The Morgan fingerprint density at radius 1 is 1.38 bits per heavy atom. The third-order valence-corrected chi connectivity index (χ3v) is 2.91. The second kappa shape index (κ2) is 3.45. The van der Waals surface area contributed by atoms with Crippen LogP contribution in [0.25, 0.3) is 0 Å². The number of hydrogen-bond acceptors (Lipinski definition) is 2. The summed E-state index contributed by atoms with van der Waals surface area (Å²) in [6.07, 6.45) is 0. The highest BCUT2D eigenvalue weighted by molar-refractivity contribution is 7.89. The molecule has 1 rings (SSSR count). The van der Waals surface area contributed by atoms with Crippen LogP contribution in [-0.4, -0.2) is 8.42 Å². The van der Waals surface area contributed by atoms with E-state index in [0.717, 1.165) is 0 Å². The molecular formula is C8H10NO3S. The molecule has 0 aromatic heterocycles. The Labute approximate surface area is 77.1 Å². The van der Waals surface area contributed by atoms with E-state index in [0.29, 0.717) is 11.1 Å². The van der Waals surface area contributed by atoms with Crippen molar-refractivity contribution in [1.82, 2.24) is 0 Å². The molecule has 13 heavy (non-hydrogen) atoms. The lowest BCUT2D eigenvalue weighted by Crippen LogP contribution is -2.14. The van der Waals surface area contributed by atoms with Gasteiger partial charge in [-0.3, -0.25) is 0 Å². The van der Waals surface area contributed by atoms with E-state index in [2.05, 4.69) is 0 Å². The van der Waals surface area contributed by atoms with E-state index in [4.69, 9.17) is 5.14 Å². The van der Waals surface area contributed by atoms with Gasteiger partial charge in [0.25, 0.3) is 0 Å². The van der Waals surface area contributed by atoms with Gasteiger partial charge >= 0.3 is 0 Å². The Morgan fingerprint density at radius 3 is 2.46 bits per heavy atom. The number of hydrogen-bond donors (Lipinski definition) is 1. The maximum Gasteiger partial charge on any atom is 0.238 e. The molecule has 0 bridgehead atoms. The number of benzene rings is 1. The standard InChI is InChI=1S/C8H10NO3S/c1-6-7(5-10)3-2-4-8(6)13(9,11)12/h2-4H,5H2,1H3,(H2,9,11,12). The average Bonchev–Trinajstić information content (AvgIpc) is 2.02. The number of nitrogens with two attached hydrogens (primary N) is 1. The van der Waals surface area contributed by atoms with E-state index in [1.165, 1.54) is 12.1 Å². The van der Waals surface area contributed by atoms with Crippen LogP contribution in [0.4, 0.5) is 0 Å². The van der Waals surface area contributed by atoms with Gasteiger partial charge in [-0.15, -0.1) is 0 Å². The summed E-state index contributed by atoms with van der Waals surface area (Å²) in [6, 6.07) is 4.50.